The van der Waals surface area contributed by atoms with Gasteiger partial charge in [0, 0.05) is 5.41 Å². The molecule has 1 aromatic heterocycles. The molecule has 0 saturated heterocycles. The highest BCUT2D eigenvalue weighted by Gasteiger charge is 2.26. The normalized spacial score (nSPS) is 12.1. The summed E-state index contributed by atoms with van der Waals surface area (Å²) in [7, 11) is 0. The Hall–Kier alpha value is -0.570. The molecule has 0 N–H and O–H groups in total. The van der Waals surface area contributed by atoms with Crippen LogP contribution in [0.2, 0.25) is 5.15 Å². The van der Waals surface area contributed by atoms with Crippen LogP contribution in [0.3, 0.4) is 0 Å². The molecule has 0 radical (unpaired) electrons. The molecule has 1 heterocycles. The van der Waals surface area contributed by atoms with Crippen molar-refractivity contribution in [3.63, 3.8) is 0 Å². The number of hydrogen-bond donors (Lipinski definition) is 0. The molecule has 0 atom stereocenters. The highest BCUT2D eigenvalue weighted by Crippen LogP contribution is 2.28. The third-order valence-corrected chi connectivity index (χ3v) is 1.51. The molecule has 11 heavy (non-hydrogen) atoms. The Kier molecular flexibility index (Phi) is 1.92. The van der Waals surface area contributed by atoms with E-state index in [4.69, 9.17) is 16.1 Å². The van der Waals surface area contributed by atoms with Crippen LogP contribution >= 0.6 is 11.6 Å². The zero-order valence-electron chi connectivity index (χ0n) is 6.61. The molecule has 2 nitrogen and oxygen atoms in total. The number of halogens is 2. The SMILES string of the molecule is CC(C)(C)c1onc(Cl)c1F. The van der Waals surface area contributed by atoms with E-state index < -0.39 is 5.82 Å². The summed E-state index contributed by atoms with van der Waals surface area (Å²) in [6.45, 7) is 5.48. The number of aromatic nitrogens is 1. The van der Waals surface area contributed by atoms with Crippen molar-refractivity contribution < 1.29 is 8.91 Å². The van der Waals surface area contributed by atoms with Crippen molar-refractivity contribution >= 4 is 11.6 Å². The van der Waals surface area contributed by atoms with E-state index in [1.54, 1.807) is 0 Å². The fourth-order valence-electron chi connectivity index (χ4n) is 0.726. The van der Waals surface area contributed by atoms with Crippen LogP contribution in [0.1, 0.15) is 26.5 Å². The van der Waals surface area contributed by atoms with Gasteiger partial charge in [-0.1, -0.05) is 37.5 Å². The van der Waals surface area contributed by atoms with Crippen LogP contribution in [0, 0.1) is 5.82 Å². The lowest BCUT2D eigenvalue weighted by Crippen LogP contribution is -2.11. The Labute approximate surface area is 69.3 Å². The van der Waals surface area contributed by atoms with Gasteiger partial charge in [-0.25, -0.2) is 0 Å². The van der Waals surface area contributed by atoms with Crippen molar-refractivity contribution in [2.75, 3.05) is 0 Å². The quantitative estimate of drug-likeness (QED) is 0.609. The number of hydrogen-bond acceptors (Lipinski definition) is 2. The van der Waals surface area contributed by atoms with Gasteiger partial charge in [0.15, 0.2) is 5.76 Å². The van der Waals surface area contributed by atoms with Gasteiger partial charge in [0.1, 0.15) is 0 Å². The van der Waals surface area contributed by atoms with Gasteiger partial charge < -0.3 is 4.52 Å². The molecule has 0 aromatic carbocycles. The maximum absolute atomic E-state index is 13.0. The predicted molar refractivity (Wildman–Crippen MR) is 40.2 cm³/mol. The van der Waals surface area contributed by atoms with E-state index in [1.807, 2.05) is 20.8 Å². The molecule has 0 bridgehead atoms. The summed E-state index contributed by atoms with van der Waals surface area (Å²) >= 11 is 5.36. The average Bonchev–Trinajstić information content (AvgIpc) is 2.11. The van der Waals surface area contributed by atoms with Gasteiger partial charge in [0.25, 0.3) is 0 Å². The number of rotatable bonds is 0. The molecular weight excluding hydrogens is 169 g/mol. The van der Waals surface area contributed by atoms with Crippen molar-refractivity contribution in [2.24, 2.45) is 0 Å². The molecular formula is C7H9ClFNO. The van der Waals surface area contributed by atoms with Gasteiger partial charge in [-0.15, -0.1) is 0 Å². The highest BCUT2D eigenvalue weighted by molar-refractivity contribution is 6.29. The summed E-state index contributed by atoms with van der Waals surface area (Å²) in [6.07, 6.45) is 0. The maximum Gasteiger partial charge on any atom is 0.208 e. The van der Waals surface area contributed by atoms with Crippen LogP contribution in [0.4, 0.5) is 4.39 Å². The Morgan fingerprint density at radius 3 is 2.18 bits per heavy atom. The van der Waals surface area contributed by atoms with Gasteiger partial charge in [-0.05, 0) is 0 Å². The molecule has 0 aliphatic rings. The first-order valence-corrected chi connectivity index (χ1v) is 3.62. The Morgan fingerprint density at radius 1 is 1.45 bits per heavy atom. The second kappa shape index (κ2) is 2.48. The van der Waals surface area contributed by atoms with Gasteiger partial charge in [-0.2, -0.15) is 4.39 Å². The zero-order chi connectivity index (χ0) is 8.65. The van der Waals surface area contributed by atoms with Crippen molar-refractivity contribution in [1.82, 2.24) is 5.16 Å². The Bertz CT molecular complexity index is 264. The van der Waals surface area contributed by atoms with Gasteiger partial charge >= 0.3 is 0 Å². The first kappa shape index (κ1) is 8.53. The van der Waals surface area contributed by atoms with E-state index in [1.165, 1.54) is 0 Å². The van der Waals surface area contributed by atoms with E-state index in [-0.39, 0.29) is 16.3 Å². The van der Waals surface area contributed by atoms with Crippen molar-refractivity contribution in [1.29, 1.82) is 0 Å². The maximum atomic E-state index is 13.0. The molecule has 62 valence electrons. The minimum absolute atomic E-state index is 0.197. The molecule has 0 aliphatic heterocycles. The summed E-state index contributed by atoms with van der Waals surface area (Å²) in [5, 5.41) is 3.10. The minimum Gasteiger partial charge on any atom is -0.356 e. The average molecular weight is 178 g/mol. The largest absolute Gasteiger partial charge is 0.356 e. The van der Waals surface area contributed by atoms with Gasteiger partial charge in [0.2, 0.25) is 11.0 Å². The summed E-state index contributed by atoms with van der Waals surface area (Å²) in [5.41, 5.74) is -0.385. The molecule has 0 amide bonds. The molecule has 0 fully saturated rings. The monoisotopic (exact) mass is 177 g/mol. The molecule has 0 saturated carbocycles. The zero-order valence-corrected chi connectivity index (χ0v) is 7.37. The fraction of sp³-hybridized carbons (Fsp3) is 0.571. The van der Waals surface area contributed by atoms with Crippen LogP contribution in [-0.4, -0.2) is 5.16 Å². The summed E-state index contributed by atoms with van der Waals surface area (Å²) in [6, 6.07) is 0. The standard InChI is InChI=1S/C7H9ClFNO/c1-7(2,3)5-4(9)6(8)10-11-5/h1-3H3. The molecule has 1 rings (SSSR count). The molecule has 0 unspecified atom stereocenters. The van der Waals surface area contributed by atoms with E-state index >= 15 is 0 Å². The summed E-state index contributed by atoms with van der Waals surface area (Å²) in [5.74, 6) is -0.360. The third kappa shape index (κ3) is 1.53. The second-order valence-corrected chi connectivity index (χ2v) is 3.72. The van der Waals surface area contributed by atoms with Crippen molar-refractivity contribution in [3.05, 3.63) is 16.7 Å². The van der Waals surface area contributed by atoms with E-state index in [0.29, 0.717) is 0 Å². The highest BCUT2D eigenvalue weighted by atomic mass is 35.5. The van der Waals surface area contributed by atoms with E-state index in [2.05, 4.69) is 5.16 Å². The number of nitrogens with zero attached hydrogens (tertiary/aromatic N) is 1. The topological polar surface area (TPSA) is 26.0 Å². The Morgan fingerprint density at radius 2 is 2.00 bits per heavy atom. The summed E-state index contributed by atoms with van der Waals surface area (Å²) < 4.78 is 17.7. The Balaban J connectivity index is 3.15. The van der Waals surface area contributed by atoms with E-state index in [9.17, 15) is 4.39 Å². The van der Waals surface area contributed by atoms with Crippen LogP contribution in [0.25, 0.3) is 0 Å². The summed E-state index contributed by atoms with van der Waals surface area (Å²) in [4.78, 5) is 0. The van der Waals surface area contributed by atoms with Crippen LogP contribution in [0.15, 0.2) is 4.52 Å². The first-order valence-electron chi connectivity index (χ1n) is 3.24. The molecule has 4 heteroatoms. The fourth-order valence-corrected chi connectivity index (χ4v) is 0.846. The van der Waals surface area contributed by atoms with Crippen LogP contribution in [0.5, 0.6) is 0 Å². The van der Waals surface area contributed by atoms with Crippen LogP contribution < -0.4 is 0 Å². The van der Waals surface area contributed by atoms with Crippen LogP contribution in [-0.2, 0) is 5.41 Å². The van der Waals surface area contributed by atoms with Gasteiger partial charge in [0.05, 0.1) is 0 Å². The predicted octanol–water partition coefficient (Wildman–Crippen LogP) is 2.76. The van der Waals surface area contributed by atoms with Crippen molar-refractivity contribution in [2.45, 2.75) is 26.2 Å². The lowest BCUT2D eigenvalue weighted by atomic mass is 9.93. The van der Waals surface area contributed by atoms with Gasteiger partial charge in [-0.3, -0.25) is 0 Å². The molecule has 0 aliphatic carbocycles. The second-order valence-electron chi connectivity index (χ2n) is 3.37. The van der Waals surface area contributed by atoms with Crippen molar-refractivity contribution in [3.8, 4) is 0 Å². The lowest BCUT2D eigenvalue weighted by Gasteiger charge is -2.12. The minimum atomic E-state index is -0.556. The van der Waals surface area contributed by atoms with E-state index in [0.717, 1.165) is 0 Å². The molecule has 1 aromatic rings. The molecule has 0 spiro atoms. The third-order valence-electron chi connectivity index (χ3n) is 1.28. The lowest BCUT2D eigenvalue weighted by molar-refractivity contribution is 0.317. The smallest absolute Gasteiger partial charge is 0.208 e. The first-order chi connectivity index (χ1) is 4.93.